The number of hydrazone groups is 1. The molecule has 0 atom stereocenters. The number of carbonyl (C=O) groups is 2. The summed E-state index contributed by atoms with van der Waals surface area (Å²) in [5.74, 6) is 0.401. The molecule has 0 aliphatic rings. The van der Waals surface area contributed by atoms with Crippen molar-refractivity contribution < 1.29 is 23.8 Å². The number of halogens is 1. The number of nitrogens with one attached hydrogen (secondary N) is 1. The van der Waals surface area contributed by atoms with Crippen LogP contribution >= 0.6 is 22.6 Å². The van der Waals surface area contributed by atoms with Gasteiger partial charge in [-0.05, 0) is 78.4 Å². The van der Waals surface area contributed by atoms with Gasteiger partial charge >= 0.3 is 5.97 Å². The van der Waals surface area contributed by atoms with Crippen LogP contribution in [0.2, 0.25) is 0 Å². The van der Waals surface area contributed by atoms with Gasteiger partial charge in [0, 0.05) is 0 Å². The lowest BCUT2D eigenvalue weighted by Crippen LogP contribution is -2.24. The van der Waals surface area contributed by atoms with Crippen LogP contribution in [0.25, 0.3) is 0 Å². The zero-order valence-corrected chi connectivity index (χ0v) is 17.7. The van der Waals surface area contributed by atoms with Crippen molar-refractivity contribution in [3.63, 3.8) is 0 Å². The van der Waals surface area contributed by atoms with Crippen LogP contribution in [0.5, 0.6) is 11.5 Å². The average molecular weight is 496 g/mol. The lowest BCUT2D eigenvalue weighted by Gasteiger charge is -2.09. The van der Waals surface area contributed by atoms with Crippen LogP contribution < -0.4 is 14.9 Å². The number of hydrogen-bond acceptors (Lipinski definition) is 6. The Balaban J connectivity index is 1.74. The van der Waals surface area contributed by atoms with Crippen molar-refractivity contribution in [2.24, 2.45) is 5.10 Å². The van der Waals surface area contributed by atoms with E-state index >= 15 is 0 Å². The second kappa shape index (κ2) is 11.3. The number of benzene rings is 2. The van der Waals surface area contributed by atoms with Gasteiger partial charge in [-0.2, -0.15) is 5.10 Å². The van der Waals surface area contributed by atoms with Gasteiger partial charge in [0.1, 0.15) is 11.5 Å². The number of rotatable bonds is 9. The summed E-state index contributed by atoms with van der Waals surface area (Å²) in [4.78, 5) is 23.2. The van der Waals surface area contributed by atoms with Gasteiger partial charge in [0.05, 0.1) is 15.9 Å². The SMILES string of the molecule is CC(C)OC(=O)COc1ccc(/C=N/NC(=O)COc2ccccc2I)cc1. The topological polar surface area (TPSA) is 86.2 Å². The number of hydrogen-bond donors (Lipinski definition) is 1. The second-order valence-corrected chi connectivity index (χ2v) is 7.07. The van der Waals surface area contributed by atoms with E-state index in [1.165, 1.54) is 6.21 Å². The third kappa shape index (κ3) is 7.95. The molecule has 0 fully saturated rings. The normalized spacial score (nSPS) is 10.7. The highest BCUT2D eigenvalue weighted by Crippen LogP contribution is 2.19. The highest BCUT2D eigenvalue weighted by atomic mass is 127. The van der Waals surface area contributed by atoms with Crippen molar-refractivity contribution in [1.29, 1.82) is 0 Å². The number of carbonyl (C=O) groups excluding carboxylic acids is 2. The van der Waals surface area contributed by atoms with Crippen molar-refractivity contribution in [3.8, 4) is 11.5 Å². The molecule has 0 aromatic heterocycles. The lowest BCUT2D eigenvalue weighted by molar-refractivity contribution is -0.149. The first-order chi connectivity index (χ1) is 13.4. The van der Waals surface area contributed by atoms with Gasteiger partial charge in [0.2, 0.25) is 0 Å². The molecule has 0 unspecified atom stereocenters. The van der Waals surface area contributed by atoms with E-state index in [0.717, 1.165) is 9.13 Å². The predicted octanol–water partition coefficient (Wildman–Crippen LogP) is 3.15. The Kier molecular flexibility index (Phi) is 8.73. The molecule has 148 valence electrons. The van der Waals surface area contributed by atoms with E-state index in [2.05, 4.69) is 33.1 Å². The zero-order valence-electron chi connectivity index (χ0n) is 15.6. The summed E-state index contributed by atoms with van der Waals surface area (Å²) in [5.41, 5.74) is 3.16. The summed E-state index contributed by atoms with van der Waals surface area (Å²) in [5, 5.41) is 3.89. The fourth-order valence-corrected chi connectivity index (χ4v) is 2.55. The molecule has 2 rings (SSSR count). The van der Waals surface area contributed by atoms with E-state index < -0.39 is 5.97 Å². The maximum absolute atomic E-state index is 11.8. The summed E-state index contributed by atoms with van der Waals surface area (Å²) in [7, 11) is 0. The molecule has 8 heteroatoms. The fraction of sp³-hybridized carbons (Fsp3) is 0.250. The van der Waals surface area contributed by atoms with Gasteiger partial charge in [-0.25, -0.2) is 10.2 Å². The first-order valence-corrected chi connectivity index (χ1v) is 9.63. The molecule has 0 saturated heterocycles. The summed E-state index contributed by atoms with van der Waals surface area (Å²) < 4.78 is 16.7. The molecule has 0 radical (unpaired) electrons. The Morgan fingerprint density at radius 2 is 1.79 bits per heavy atom. The number of amides is 1. The van der Waals surface area contributed by atoms with E-state index in [9.17, 15) is 9.59 Å². The highest BCUT2D eigenvalue weighted by molar-refractivity contribution is 14.1. The molecule has 0 aliphatic carbocycles. The second-order valence-electron chi connectivity index (χ2n) is 5.91. The molecular weight excluding hydrogens is 475 g/mol. The van der Waals surface area contributed by atoms with Gasteiger partial charge in [-0.3, -0.25) is 4.79 Å². The largest absolute Gasteiger partial charge is 0.483 e. The molecule has 7 nitrogen and oxygen atoms in total. The molecule has 1 N–H and O–H groups in total. The number of para-hydroxylation sites is 1. The monoisotopic (exact) mass is 496 g/mol. The van der Waals surface area contributed by atoms with E-state index in [4.69, 9.17) is 14.2 Å². The first kappa shape index (κ1) is 21.7. The third-order valence-corrected chi connectivity index (χ3v) is 4.09. The Hall–Kier alpha value is -2.62. The van der Waals surface area contributed by atoms with Crippen LogP contribution in [0.3, 0.4) is 0 Å². The van der Waals surface area contributed by atoms with Gasteiger partial charge in [-0.15, -0.1) is 0 Å². The fourth-order valence-electron chi connectivity index (χ4n) is 2.01. The predicted molar refractivity (Wildman–Crippen MR) is 114 cm³/mol. The van der Waals surface area contributed by atoms with Gasteiger partial charge in [-0.1, -0.05) is 12.1 Å². The Morgan fingerprint density at radius 3 is 2.46 bits per heavy atom. The van der Waals surface area contributed by atoms with Gasteiger partial charge in [0.25, 0.3) is 5.91 Å². The van der Waals surface area contributed by atoms with Gasteiger partial charge < -0.3 is 14.2 Å². The summed E-state index contributed by atoms with van der Waals surface area (Å²) in [6.07, 6.45) is 1.33. The van der Waals surface area contributed by atoms with Crippen molar-refractivity contribution in [3.05, 3.63) is 57.7 Å². The smallest absolute Gasteiger partial charge is 0.344 e. The van der Waals surface area contributed by atoms with Crippen LogP contribution in [-0.4, -0.2) is 37.4 Å². The average Bonchev–Trinajstić information content (AvgIpc) is 2.66. The van der Waals surface area contributed by atoms with Crippen molar-refractivity contribution in [2.45, 2.75) is 20.0 Å². The quantitative estimate of drug-likeness (QED) is 0.250. The standard InChI is InChI=1S/C20H21IN2O5/c1-14(2)28-20(25)13-26-16-9-7-15(8-10-16)11-22-23-19(24)12-27-18-6-4-3-5-17(18)21/h3-11,14H,12-13H2,1-2H3,(H,23,24)/b22-11+. The van der Waals surface area contributed by atoms with E-state index in [1.54, 1.807) is 44.2 Å². The van der Waals surface area contributed by atoms with Gasteiger partial charge in [0.15, 0.2) is 13.2 Å². The molecular formula is C20H21IN2O5. The van der Waals surface area contributed by atoms with Crippen LogP contribution in [0.1, 0.15) is 19.4 Å². The highest BCUT2D eigenvalue weighted by Gasteiger charge is 2.06. The summed E-state index contributed by atoms with van der Waals surface area (Å²) in [6, 6.07) is 14.3. The molecule has 0 heterocycles. The van der Waals surface area contributed by atoms with E-state index in [-0.39, 0.29) is 25.2 Å². The Bertz CT molecular complexity index is 822. The molecule has 2 aromatic rings. The molecule has 28 heavy (non-hydrogen) atoms. The van der Waals surface area contributed by atoms with E-state index in [1.807, 2.05) is 18.2 Å². The van der Waals surface area contributed by atoms with Crippen molar-refractivity contribution in [1.82, 2.24) is 5.43 Å². The Labute approximate surface area is 177 Å². The maximum Gasteiger partial charge on any atom is 0.344 e. The van der Waals surface area contributed by atoms with E-state index in [0.29, 0.717) is 11.5 Å². The minimum atomic E-state index is -0.421. The zero-order chi connectivity index (χ0) is 20.4. The molecule has 0 bridgehead atoms. The number of nitrogens with zero attached hydrogens (tertiary/aromatic N) is 1. The van der Waals surface area contributed by atoms with Crippen LogP contribution in [0.4, 0.5) is 0 Å². The summed E-state index contributed by atoms with van der Waals surface area (Å²) >= 11 is 2.14. The van der Waals surface area contributed by atoms with Crippen LogP contribution in [-0.2, 0) is 14.3 Å². The first-order valence-electron chi connectivity index (χ1n) is 8.55. The van der Waals surface area contributed by atoms with Crippen molar-refractivity contribution in [2.75, 3.05) is 13.2 Å². The molecule has 0 saturated carbocycles. The number of ether oxygens (including phenoxy) is 3. The maximum atomic E-state index is 11.8. The van der Waals surface area contributed by atoms with Crippen LogP contribution in [0, 0.1) is 3.57 Å². The summed E-state index contributed by atoms with van der Waals surface area (Å²) in [6.45, 7) is 3.28. The molecule has 1 amide bonds. The lowest BCUT2D eigenvalue weighted by atomic mass is 10.2. The van der Waals surface area contributed by atoms with Crippen molar-refractivity contribution >= 4 is 40.7 Å². The molecule has 0 aliphatic heterocycles. The molecule has 2 aromatic carbocycles. The minimum absolute atomic E-state index is 0.128. The molecule has 0 spiro atoms. The Morgan fingerprint density at radius 1 is 1.07 bits per heavy atom. The van der Waals surface area contributed by atoms with Crippen LogP contribution in [0.15, 0.2) is 53.6 Å². The number of esters is 1. The minimum Gasteiger partial charge on any atom is -0.483 e. The third-order valence-electron chi connectivity index (χ3n) is 3.20.